The Kier molecular flexibility index (Phi) is 6.95. The number of aliphatic carboxylic acids is 1. The van der Waals surface area contributed by atoms with E-state index in [0.29, 0.717) is 0 Å². The van der Waals surface area contributed by atoms with E-state index in [1.165, 1.54) is 0 Å². The molecule has 0 aromatic heterocycles. The van der Waals surface area contributed by atoms with Gasteiger partial charge in [0.05, 0.1) is 19.0 Å². The van der Waals surface area contributed by atoms with Crippen molar-refractivity contribution in [2.75, 3.05) is 6.54 Å². The van der Waals surface area contributed by atoms with Crippen molar-refractivity contribution >= 4 is 17.8 Å². The third-order valence-corrected chi connectivity index (χ3v) is 3.98. The zero-order valence-electron chi connectivity index (χ0n) is 16.5. The highest BCUT2D eigenvalue weighted by Crippen LogP contribution is 2.25. The van der Waals surface area contributed by atoms with Crippen molar-refractivity contribution in [3.05, 3.63) is 35.4 Å². The van der Waals surface area contributed by atoms with Gasteiger partial charge < -0.3 is 15.7 Å². The van der Waals surface area contributed by atoms with Crippen LogP contribution in [0.4, 0.5) is 0 Å². The largest absolute Gasteiger partial charge is 0.481 e. The molecule has 1 aromatic rings. The first-order valence-corrected chi connectivity index (χ1v) is 8.70. The molecular weight excluding hydrogens is 332 g/mol. The molecule has 0 aliphatic rings. The molecule has 0 bridgehead atoms. The van der Waals surface area contributed by atoms with Gasteiger partial charge in [-0.25, -0.2) is 0 Å². The minimum absolute atomic E-state index is 0.0126. The van der Waals surface area contributed by atoms with Gasteiger partial charge in [-0.05, 0) is 16.5 Å². The molecule has 0 aliphatic carbocycles. The van der Waals surface area contributed by atoms with Crippen LogP contribution in [-0.2, 0) is 19.8 Å². The maximum Gasteiger partial charge on any atom is 0.305 e. The highest BCUT2D eigenvalue weighted by atomic mass is 16.4. The highest BCUT2D eigenvalue weighted by molar-refractivity contribution is 5.87. The van der Waals surface area contributed by atoms with Gasteiger partial charge in [-0.2, -0.15) is 0 Å². The Labute approximate surface area is 155 Å². The van der Waals surface area contributed by atoms with Crippen LogP contribution in [0.2, 0.25) is 0 Å². The lowest BCUT2D eigenvalue weighted by molar-refractivity contribution is -0.138. The van der Waals surface area contributed by atoms with Gasteiger partial charge >= 0.3 is 5.97 Å². The predicted molar refractivity (Wildman–Crippen MR) is 101 cm³/mol. The van der Waals surface area contributed by atoms with Gasteiger partial charge in [0.15, 0.2) is 0 Å². The van der Waals surface area contributed by atoms with Crippen molar-refractivity contribution in [3.8, 4) is 0 Å². The van der Waals surface area contributed by atoms with E-state index in [1.54, 1.807) is 20.8 Å². The number of carboxylic acids is 1. The van der Waals surface area contributed by atoms with Crippen LogP contribution >= 0.6 is 0 Å². The summed E-state index contributed by atoms with van der Waals surface area (Å²) in [5.41, 5.74) is 1.24. The number of rotatable bonds is 6. The highest BCUT2D eigenvalue weighted by Gasteiger charge is 2.23. The first-order valence-electron chi connectivity index (χ1n) is 8.70. The molecule has 0 aliphatic heterocycles. The lowest BCUT2D eigenvalue weighted by atomic mass is 9.86. The van der Waals surface area contributed by atoms with E-state index in [2.05, 4.69) is 31.4 Å². The van der Waals surface area contributed by atoms with Crippen LogP contribution in [0, 0.1) is 5.41 Å². The number of hydrogen-bond acceptors (Lipinski definition) is 3. The lowest BCUT2D eigenvalue weighted by Gasteiger charge is -2.22. The topological polar surface area (TPSA) is 95.5 Å². The first-order chi connectivity index (χ1) is 11.8. The Hall–Kier alpha value is -2.37. The summed E-state index contributed by atoms with van der Waals surface area (Å²) in [6.07, 6.45) is -0.228. The van der Waals surface area contributed by atoms with Gasteiger partial charge in [-0.3, -0.25) is 14.4 Å². The van der Waals surface area contributed by atoms with E-state index in [0.717, 1.165) is 11.1 Å². The van der Waals surface area contributed by atoms with Gasteiger partial charge in [0.25, 0.3) is 0 Å². The predicted octanol–water partition coefficient (Wildman–Crippen LogP) is 2.78. The molecule has 0 spiro atoms. The molecule has 1 rings (SSSR count). The van der Waals surface area contributed by atoms with Gasteiger partial charge in [0.2, 0.25) is 11.8 Å². The van der Waals surface area contributed by atoms with Crippen LogP contribution in [0.1, 0.15) is 65.1 Å². The summed E-state index contributed by atoms with van der Waals surface area (Å²) in [6, 6.07) is 6.90. The van der Waals surface area contributed by atoms with Gasteiger partial charge in [0, 0.05) is 5.41 Å². The normalized spacial score (nSPS) is 13.0. The van der Waals surface area contributed by atoms with E-state index >= 15 is 0 Å². The monoisotopic (exact) mass is 362 g/mol. The van der Waals surface area contributed by atoms with Crippen molar-refractivity contribution < 1.29 is 19.5 Å². The Morgan fingerprint density at radius 2 is 1.54 bits per heavy atom. The average Bonchev–Trinajstić information content (AvgIpc) is 2.50. The molecule has 0 saturated heterocycles. The Balaban J connectivity index is 2.82. The van der Waals surface area contributed by atoms with Crippen LogP contribution in [0.3, 0.4) is 0 Å². The Bertz CT molecular complexity index is 652. The first kappa shape index (κ1) is 21.7. The zero-order valence-corrected chi connectivity index (χ0v) is 16.5. The van der Waals surface area contributed by atoms with Crippen LogP contribution in [0.25, 0.3) is 0 Å². The molecule has 0 heterocycles. The molecule has 0 saturated carbocycles. The number of carbonyl (C=O) groups is 3. The Morgan fingerprint density at radius 1 is 1.00 bits per heavy atom. The molecule has 6 nitrogen and oxygen atoms in total. The van der Waals surface area contributed by atoms with E-state index in [4.69, 9.17) is 5.11 Å². The van der Waals surface area contributed by atoms with Crippen molar-refractivity contribution in [3.63, 3.8) is 0 Å². The zero-order chi connectivity index (χ0) is 20.1. The van der Waals surface area contributed by atoms with Crippen LogP contribution in [-0.4, -0.2) is 29.4 Å². The summed E-state index contributed by atoms with van der Waals surface area (Å²) in [6.45, 7) is 11.4. The Morgan fingerprint density at radius 3 is 1.96 bits per heavy atom. The second-order valence-corrected chi connectivity index (χ2v) is 8.52. The molecule has 2 amide bonds. The van der Waals surface area contributed by atoms with Gasteiger partial charge in [-0.15, -0.1) is 0 Å². The average molecular weight is 362 g/mol. The minimum atomic E-state index is -1.01. The molecule has 144 valence electrons. The number of hydrogen-bond donors (Lipinski definition) is 3. The second kappa shape index (κ2) is 8.34. The molecular formula is C20H30N2O4. The number of nitrogens with one attached hydrogen (secondary N) is 2. The fourth-order valence-electron chi connectivity index (χ4n) is 2.31. The van der Waals surface area contributed by atoms with Crippen LogP contribution < -0.4 is 10.6 Å². The van der Waals surface area contributed by atoms with Crippen LogP contribution in [0.15, 0.2) is 24.3 Å². The quantitative estimate of drug-likeness (QED) is 0.725. The van der Waals surface area contributed by atoms with E-state index < -0.39 is 23.3 Å². The molecule has 1 aromatic carbocycles. The number of carboxylic acid groups (broad SMARTS) is 1. The summed E-state index contributed by atoms with van der Waals surface area (Å²) in [4.78, 5) is 35.2. The van der Waals surface area contributed by atoms with E-state index in [9.17, 15) is 14.4 Å². The number of amides is 2. The smallest absolute Gasteiger partial charge is 0.305 e. The fraction of sp³-hybridized carbons (Fsp3) is 0.550. The maximum atomic E-state index is 12.1. The fourth-order valence-corrected chi connectivity index (χ4v) is 2.31. The molecule has 1 atom stereocenters. The molecule has 1 unspecified atom stereocenters. The molecule has 6 heteroatoms. The van der Waals surface area contributed by atoms with Crippen LogP contribution in [0.5, 0.6) is 0 Å². The standard InChI is InChI=1S/C20H30N2O4/c1-19(2,3)14-9-7-13(8-10-14)15(11-17(24)25)22-16(23)12-21-18(26)20(4,5)6/h7-10,15H,11-12H2,1-6H3,(H,21,26)(H,22,23)(H,24,25). The molecule has 0 radical (unpaired) electrons. The maximum absolute atomic E-state index is 12.1. The van der Waals surface area contributed by atoms with Gasteiger partial charge in [-0.1, -0.05) is 65.8 Å². The summed E-state index contributed by atoms with van der Waals surface area (Å²) in [5, 5.41) is 14.4. The summed E-state index contributed by atoms with van der Waals surface area (Å²) < 4.78 is 0. The number of benzene rings is 1. The van der Waals surface area contributed by atoms with E-state index in [1.807, 2.05) is 24.3 Å². The number of carbonyl (C=O) groups excluding carboxylic acids is 2. The van der Waals surface area contributed by atoms with E-state index in [-0.39, 0.29) is 24.3 Å². The van der Waals surface area contributed by atoms with Gasteiger partial charge in [0.1, 0.15) is 0 Å². The summed E-state index contributed by atoms with van der Waals surface area (Å²) in [7, 11) is 0. The lowest BCUT2D eigenvalue weighted by Crippen LogP contribution is -2.42. The van der Waals surface area contributed by atoms with Crippen molar-refractivity contribution in [1.29, 1.82) is 0 Å². The third kappa shape index (κ3) is 6.86. The minimum Gasteiger partial charge on any atom is -0.481 e. The van der Waals surface area contributed by atoms with Crippen molar-refractivity contribution in [2.45, 2.75) is 59.4 Å². The second-order valence-electron chi connectivity index (χ2n) is 8.52. The summed E-state index contributed by atoms with van der Waals surface area (Å²) in [5.74, 6) is -1.67. The SMILES string of the molecule is CC(C)(C)C(=O)NCC(=O)NC(CC(=O)O)c1ccc(C(C)(C)C)cc1. The molecule has 26 heavy (non-hydrogen) atoms. The summed E-state index contributed by atoms with van der Waals surface area (Å²) >= 11 is 0. The molecule has 0 fully saturated rings. The van der Waals surface area contributed by atoms with Crippen molar-refractivity contribution in [2.24, 2.45) is 5.41 Å². The third-order valence-electron chi connectivity index (χ3n) is 3.98. The molecule has 3 N–H and O–H groups in total. The van der Waals surface area contributed by atoms with Crippen molar-refractivity contribution in [1.82, 2.24) is 10.6 Å².